The normalized spacial score (nSPS) is 24.8. The minimum Gasteiger partial charge on any atom is -0.394 e. The predicted molar refractivity (Wildman–Crippen MR) is 167 cm³/mol. The number of carbonyl (C=O) groups is 2. The van der Waals surface area contributed by atoms with Crippen LogP contribution in [0.5, 0.6) is 0 Å². The summed E-state index contributed by atoms with van der Waals surface area (Å²) >= 11 is 12.7. The highest BCUT2D eigenvalue weighted by Gasteiger charge is 2.53. The van der Waals surface area contributed by atoms with Gasteiger partial charge in [0, 0.05) is 41.5 Å². The van der Waals surface area contributed by atoms with Gasteiger partial charge in [-0.3, -0.25) is 9.59 Å². The van der Waals surface area contributed by atoms with Crippen molar-refractivity contribution in [1.29, 1.82) is 0 Å². The monoisotopic (exact) mass is 653 g/mol. The molecule has 43 heavy (non-hydrogen) atoms. The van der Waals surface area contributed by atoms with Crippen molar-refractivity contribution in [3.63, 3.8) is 0 Å². The van der Waals surface area contributed by atoms with Crippen molar-refractivity contribution in [2.45, 2.75) is 81.7 Å². The first-order valence-electron chi connectivity index (χ1n) is 14.6. The zero-order chi connectivity index (χ0) is 31.6. The molecule has 9 nitrogen and oxygen atoms in total. The molecule has 1 heterocycles. The fraction of sp³-hybridized carbons (Fsp3) is 0.548. The standard InChI is InChI=1S/C31H41Cl2N3O6S/c1-4-24(17-35-43(41,42)31(3)12-13-31)36-28(20-8-10-22(32)11-9-20)26(21-6-5-7-23(33)14-21)15-30(2,29(36)40)16-27(39)34-18-25(38)19-37/h5-11,14,24-26,28,35,37-38H,4,12-13,15-19H2,1-3H3,(H,34,39). The van der Waals surface area contributed by atoms with Gasteiger partial charge in [0.05, 0.1) is 28.9 Å². The average molecular weight is 655 g/mol. The molecule has 0 radical (unpaired) electrons. The van der Waals surface area contributed by atoms with E-state index in [1.54, 1.807) is 36.9 Å². The van der Waals surface area contributed by atoms with E-state index in [4.69, 9.17) is 28.3 Å². The van der Waals surface area contributed by atoms with Gasteiger partial charge in [-0.1, -0.05) is 61.3 Å². The van der Waals surface area contributed by atoms with Crippen LogP contribution in [0.3, 0.4) is 0 Å². The summed E-state index contributed by atoms with van der Waals surface area (Å²) in [6.45, 7) is 4.76. The molecule has 2 aliphatic rings. The molecule has 2 fully saturated rings. The smallest absolute Gasteiger partial charge is 0.229 e. The fourth-order valence-electron chi connectivity index (χ4n) is 5.92. The molecule has 5 atom stereocenters. The van der Waals surface area contributed by atoms with Crippen LogP contribution in [-0.4, -0.2) is 71.9 Å². The molecular weight excluding hydrogens is 613 g/mol. The Morgan fingerprint density at radius 3 is 2.33 bits per heavy atom. The first kappa shape index (κ1) is 33.7. The molecule has 0 aromatic heterocycles. The molecule has 1 saturated carbocycles. The van der Waals surface area contributed by atoms with Crippen molar-refractivity contribution >= 4 is 45.0 Å². The highest BCUT2D eigenvalue weighted by molar-refractivity contribution is 7.91. The van der Waals surface area contributed by atoms with Gasteiger partial charge in [0.2, 0.25) is 21.8 Å². The van der Waals surface area contributed by atoms with Crippen molar-refractivity contribution in [3.8, 4) is 0 Å². The summed E-state index contributed by atoms with van der Waals surface area (Å²) in [5, 5.41) is 22.6. The summed E-state index contributed by atoms with van der Waals surface area (Å²) < 4.78 is 28.2. The molecule has 5 unspecified atom stereocenters. The number of sulfonamides is 1. The Morgan fingerprint density at radius 2 is 1.74 bits per heavy atom. The number of rotatable bonds is 13. The number of amides is 2. The second-order valence-electron chi connectivity index (χ2n) is 12.3. The van der Waals surface area contributed by atoms with Gasteiger partial charge in [-0.25, -0.2) is 13.1 Å². The summed E-state index contributed by atoms with van der Waals surface area (Å²) in [6, 6.07) is 13.7. The molecule has 0 bridgehead atoms. The SMILES string of the molecule is CCC(CNS(=O)(=O)C1(C)CC1)N1C(=O)C(C)(CC(=O)NCC(O)CO)CC(c2cccc(Cl)c2)C1c1ccc(Cl)cc1. The molecule has 1 saturated heterocycles. The van der Waals surface area contributed by atoms with E-state index in [0.29, 0.717) is 35.7 Å². The quantitative estimate of drug-likeness (QED) is 0.256. The number of nitrogens with one attached hydrogen (secondary N) is 2. The van der Waals surface area contributed by atoms with E-state index < -0.39 is 50.9 Å². The van der Waals surface area contributed by atoms with Gasteiger partial charge >= 0.3 is 0 Å². The van der Waals surface area contributed by atoms with Crippen LogP contribution >= 0.6 is 23.2 Å². The number of benzene rings is 2. The van der Waals surface area contributed by atoms with Crippen molar-refractivity contribution in [3.05, 3.63) is 69.7 Å². The highest BCUT2D eigenvalue weighted by atomic mass is 35.5. The van der Waals surface area contributed by atoms with Crippen molar-refractivity contribution in [1.82, 2.24) is 14.9 Å². The number of aliphatic hydroxyl groups excluding tert-OH is 2. The lowest BCUT2D eigenvalue weighted by Gasteiger charge is -2.52. The molecular formula is C31H41Cl2N3O6S. The molecule has 2 aromatic rings. The zero-order valence-electron chi connectivity index (χ0n) is 24.7. The molecule has 4 rings (SSSR count). The summed E-state index contributed by atoms with van der Waals surface area (Å²) in [5.41, 5.74) is 0.544. The second kappa shape index (κ2) is 13.4. The van der Waals surface area contributed by atoms with Gasteiger partial charge in [0.15, 0.2) is 0 Å². The van der Waals surface area contributed by atoms with Gasteiger partial charge < -0.3 is 20.4 Å². The number of piperidine rings is 1. The third-order valence-electron chi connectivity index (χ3n) is 8.86. The van der Waals surface area contributed by atoms with Crippen LogP contribution in [0.4, 0.5) is 0 Å². The van der Waals surface area contributed by atoms with Crippen LogP contribution in [0.25, 0.3) is 0 Å². The van der Waals surface area contributed by atoms with E-state index in [1.165, 1.54) is 0 Å². The maximum Gasteiger partial charge on any atom is 0.229 e. The van der Waals surface area contributed by atoms with Crippen LogP contribution in [0.2, 0.25) is 10.0 Å². The summed E-state index contributed by atoms with van der Waals surface area (Å²) in [4.78, 5) is 29.5. The number of hydrogen-bond donors (Lipinski definition) is 4. The Balaban J connectivity index is 1.79. The first-order valence-corrected chi connectivity index (χ1v) is 16.9. The highest BCUT2D eigenvalue weighted by Crippen LogP contribution is 2.52. The molecule has 2 aromatic carbocycles. The van der Waals surface area contributed by atoms with Crippen LogP contribution < -0.4 is 10.0 Å². The first-order chi connectivity index (χ1) is 20.2. The lowest BCUT2D eigenvalue weighted by Crippen LogP contribution is -2.58. The number of hydrogen-bond acceptors (Lipinski definition) is 6. The Labute approximate surface area is 264 Å². The number of likely N-dealkylation sites (tertiary alicyclic amines) is 1. The lowest BCUT2D eigenvalue weighted by molar-refractivity contribution is -0.157. The molecule has 1 aliphatic carbocycles. The molecule has 236 valence electrons. The average Bonchev–Trinajstić information content (AvgIpc) is 3.73. The Kier molecular flexibility index (Phi) is 10.5. The van der Waals surface area contributed by atoms with E-state index in [0.717, 1.165) is 11.1 Å². The minimum absolute atomic E-state index is 0.0253. The maximum atomic E-state index is 14.6. The summed E-state index contributed by atoms with van der Waals surface area (Å²) in [6.07, 6.45) is 0.670. The fourth-order valence-corrected chi connectivity index (χ4v) is 7.65. The molecule has 0 spiro atoms. The van der Waals surface area contributed by atoms with Crippen molar-refractivity contribution in [2.75, 3.05) is 19.7 Å². The summed E-state index contributed by atoms with van der Waals surface area (Å²) in [5.74, 6) is -1.01. The van der Waals surface area contributed by atoms with E-state index in [2.05, 4.69) is 10.0 Å². The third kappa shape index (κ3) is 7.54. The minimum atomic E-state index is -3.60. The van der Waals surface area contributed by atoms with E-state index in [-0.39, 0.29) is 31.3 Å². The Hall–Kier alpha value is -2.21. The van der Waals surface area contributed by atoms with E-state index in [9.17, 15) is 23.1 Å². The third-order valence-corrected chi connectivity index (χ3v) is 11.6. The topological polar surface area (TPSA) is 136 Å². The Morgan fingerprint density at radius 1 is 1.07 bits per heavy atom. The number of carbonyl (C=O) groups excluding carboxylic acids is 2. The van der Waals surface area contributed by atoms with Crippen LogP contribution in [-0.2, 0) is 19.6 Å². The number of nitrogens with zero attached hydrogens (tertiary/aromatic N) is 1. The summed E-state index contributed by atoms with van der Waals surface area (Å²) in [7, 11) is -3.60. The van der Waals surface area contributed by atoms with Crippen molar-refractivity contribution < 1.29 is 28.2 Å². The van der Waals surface area contributed by atoms with Gasteiger partial charge in [0.1, 0.15) is 0 Å². The number of halogens is 2. The maximum absolute atomic E-state index is 14.6. The number of aliphatic hydroxyl groups is 2. The van der Waals surface area contributed by atoms with Gasteiger partial charge in [-0.2, -0.15) is 0 Å². The van der Waals surface area contributed by atoms with Crippen LogP contribution in [0, 0.1) is 5.41 Å². The molecule has 2 amide bonds. The molecule has 1 aliphatic heterocycles. The molecule has 4 N–H and O–H groups in total. The van der Waals surface area contributed by atoms with Gasteiger partial charge in [-0.15, -0.1) is 0 Å². The second-order valence-corrected chi connectivity index (χ2v) is 15.5. The van der Waals surface area contributed by atoms with Gasteiger partial charge in [0.25, 0.3) is 0 Å². The van der Waals surface area contributed by atoms with Crippen LogP contribution in [0.15, 0.2) is 48.5 Å². The predicted octanol–water partition coefficient (Wildman–Crippen LogP) is 4.17. The van der Waals surface area contributed by atoms with E-state index in [1.807, 2.05) is 37.3 Å². The van der Waals surface area contributed by atoms with Crippen LogP contribution in [0.1, 0.15) is 76.0 Å². The largest absolute Gasteiger partial charge is 0.394 e. The Bertz CT molecular complexity index is 1420. The van der Waals surface area contributed by atoms with Gasteiger partial charge in [-0.05, 0) is 68.0 Å². The van der Waals surface area contributed by atoms with Crippen molar-refractivity contribution in [2.24, 2.45) is 5.41 Å². The lowest BCUT2D eigenvalue weighted by atomic mass is 9.67. The molecule has 12 heteroatoms. The van der Waals surface area contributed by atoms with E-state index >= 15 is 0 Å². The zero-order valence-corrected chi connectivity index (χ0v) is 27.1.